The fourth-order valence-electron chi connectivity index (χ4n) is 1.03. The zero-order chi connectivity index (χ0) is 10.7. The van der Waals surface area contributed by atoms with Crippen LogP contribution in [-0.2, 0) is 0 Å². The number of carbonyl (C=O) groups is 1. The van der Waals surface area contributed by atoms with Crippen LogP contribution in [0.4, 0.5) is 5.69 Å². The molecule has 15 heavy (non-hydrogen) atoms. The predicted molar refractivity (Wildman–Crippen MR) is 62.0 cm³/mol. The maximum atomic E-state index is 11.6. The van der Waals surface area contributed by atoms with Gasteiger partial charge in [-0.05, 0) is 18.2 Å². The number of benzene rings is 1. The molecule has 0 spiro atoms. The van der Waals surface area contributed by atoms with Crippen molar-refractivity contribution in [2.75, 3.05) is 5.32 Å². The van der Waals surface area contributed by atoms with Crippen LogP contribution >= 0.6 is 27.7 Å². The van der Waals surface area contributed by atoms with Crippen LogP contribution in [0, 0.1) is 0 Å². The van der Waals surface area contributed by atoms with Gasteiger partial charge in [0.2, 0.25) is 0 Å². The lowest BCUT2D eigenvalue weighted by atomic mass is 10.3. The normalized spacial score (nSPS) is 9.93. The SMILES string of the molecule is O=C(Nc1cccc(Br)c1)c1cnsn1. The highest BCUT2D eigenvalue weighted by Gasteiger charge is 2.08. The van der Waals surface area contributed by atoms with Crippen molar-refractivity contribution in [1.29, 1.82) is 0 Å². The van der Waals surface area contributed by atoms with E-state index in [2.05, 4.69) is 30.0 Å². The molecule has 4 nitrogen and oxygen atoms in total. The van der Waals surface area contributed by atoms with Gasteiger partial charge in [0.15, 0.2) is 5.69 Å². The fourth-order valence-corrected chi connectivity index (χ4v) is 1.84. The molecular formula is C9H6BrN3OS. The molecule has 1 aromatic carbocycles. The quantitative estimate of drug-likeness (QED) is 0.922. The monoisotopic (exact) mass is 283 g/mol. The van der Waals surface area contributed by atoms with Crippen LogP contribution in [0.5, 0.6) is 0 Å². The average Bonchev–Trinajstić information content (AvgIpc) is 2.70. The number of nitrogens with zero attached hydrogens (tertiary/aromatic N) is 2. The molecule has 76 valence electrons. The van der Waals surface area contributed by atoms with E-state index in [1.165, 1.54) is 6.20 Å². The molecule has 0 bridgehead atoms. The smallest absolute Gasteiger partial charge is 0.277 e. The highest BCUT2D eigenvalue weighted by atomic mass is 79.9. The van der Waals surface area contributed by atoms with Crippen LogP contribution < -0.4 is 5.32 Å². The molecule has 0 aliphatic carbocycles. The molecule has 1 amide bonds. The van der Waals surface area contributed by atoms with Gasteiger partial charge in [-0.15, -0.1) is 0 Å². The van der Waals surface area contributed by atoms with Gasteiger partial charge in [0.05, 0.1) is 17.9 Å². The van der Waals surface area contributed by atoms with Gasteiger partial charge >= 0.3 is 0 Å². The number of amides is 1. The van der Waals surface area contributed by atoms with Crippen molar-refractivity contribution in [3.63, 3.8) is 0 Å². The second-order valence-electron chi connectivity index (χ2n) is 2.76. The van der Waals surface area contributed by atoms with E-state index in [9.17, 15) is 4.79 Å². The second-order valence-corrected chi connectivity index (χ2v) is 4.23. The minimum Gasteiger partial charge on any atom is -0.321 e. The molecule has 0 fully saturated rings. The van der Waals surface area contributed by atoms with E-state index in [-0.39, 0.29) is 5.91 Å². The number of halogens is 1. The third kappa shape index (κ3) is 2.60. The van der Waals surface area contributed by atoms with E-state index < -0.39 is 0 Å². The molecule has 2 aromatic rings. The molecule has 2 rings (SSSR count). The van der Waals surface area contributed by atoms with Crippen LogP contribution in [0.1, 0.15) is 10.5 Å². The van der Waals surface area contributed by atoms with Gasteiger partial charge in [-0.1, -0.05) is 22.0 Å². The van der Waals surface area contributed by atoms with Gasteiger partial charge < -0.3 is 5.32 Å². The molecule has 6 heteroatoms. The van der Waals surface area contributed by atoms with Crippen molar-refractivity contribution in [3.05, 3.63) is 40.6 Å². The molecule has 1 aromatic heterocycles. The second kappa shape index (κ2) is 4.50. The molecule has 1 N–H and O–H groups in total. The highest BCUT2D eigenvalue weighted by Crippen LogP contribution is 2.16. The minimum absolute atomic E-state index is 0.248. The molecule has 0 saturated heterocycles. The summed E-state index contributed by atoms with van der Waals surface area (Å²) in [6.45, 7) is 0. The summed E-state index contributed by atoms with van der Waals surface area (Å²) in [6.07, 6.45) is 1.44. The van der Waals surface area contributed by atoms with Crippen molar-refractivity contribution in [3.8, 4) is 0 Å². The minimum atomic E-state index is -0.248. The largest absolute Gasteiger partial charge is 0.321 e. The van der Waals surface area contributed by atoms with Crippen molar-refractivity contribution >= 4 is 39.3 Å². The molecule has 0 aliphatic heterocycles. The van der Waals surface area contributed by atoms with Gasteiger partial charge in [-0.2, -0.15) is 8.75 Å². The first-order chi connectivity index (χ1) is 7.25. The predicted octanol–water partition coefficient (Wildman–Crippen LogP) is 2.55. The van der Waals surface area contributed by atoms with E-state index in [1.54, 1.807) is 0 Å². The highest BCUT2D eigenvalue weighted by molar-refractivity contribution is 9.10. The fraction of sp³-hybridized carbons (Fsp3) is 0. The number of nitrogens with one attached hydrogen (secondary N) is 1. The molecular weight excluding hydrogens is 278 g/mol. The van der Waals surface area contributed by atoms with Crippen molar-refractivity contribution in [2.45, 2.75) is 0 Å². The summed E-state index contributed by atoms with van der Waals surface area (Å²) in [5.74, 6) is -0.248. The van der Waals surface area contributed by atoms with Gasteiger partial charge in [0, 0.05) is 10.2 Å². The average molecular weight is 284 g/mol. The summed E-state index contributed by atoms with van der Waals surface area (Å²) in [5.41, 5.74) is 1.06. The van der Waals surface area contributed by atoms with Gasteiger partial charge in [0.1, 0.15) is 0 Å². The van der Waals surface area contributed by atoms with Crippen LogP contribution in [-0.4, -0.2) is 14.7 Å². The Morgan fingerprint density at radius 1 is 1.47 bits per heavy atom. The Balaban J connectivity index is 2.13. The molecule has 0 atom stereocenters. The summed E-state index contributed by atoms with van der Waals surface area (Å²) in [6, 6.07) is 7.36. The summed E-state index contributed by atoms with van der Waals surface area (Å²) in [5, 5.41) is 2.72. The summed E-state index contributed by atoms with van der Waals surface area (Å²) < 4.78 is 8.52. The van der Waals surface area contributed by atoms with Crippen molar-refractivity contribution in [2.24, 2.45) is 0 Å². The van der Waals surface area contributed by atoms with Crippen molar-refractivity contribution in [1.82, 2.24) is 8.75 Å². The van der Waals surface area contributed by atoms with Gasteiger partial charge in [-0.25, -0.2) is 0 Å². The first kappa shape index (κ1) is 10.3. The van der Waals surface area contributed by atoms with E-state index >= 15 is 0 Å². The van der Waals surface area contributed by atoms with E-state index in [0.29, 0.717) is 5.69 Å². The standard InChI is InChI=1S/C9H6BrN3OS/c10-6-2-1-3-7(4-6)12-9(14)8-5-11-15-13-8/h1-5H,(H,12,14). The number of rotatable bonds is 2. The van der Waals surface area contributed by atoms with Gasteiger partial charge in [0.25, 0.3) is 5.91 Å². The van der Waals surface area contributed by atoms with Crippen LogP contribution in [0.3, 0.4) is 0 Å². The number of hydrogen-bond acceptors (Lipinski definition) is 4. The Labute approximate surface area is 98.8 Å². The van der Waals surface area contributed by atoms with E-state index in [0.717, 1.165) is 21.9 Å². The van der Waals surface area contributed by atoms with E-state index in [4.69, 9.17) is 0 Å². The van der Waals surface area contributed by atoms with E-state index in [1.807, 2.05) is 24.3 Å². The van der Waals surface area contributed by atoms with Gasteiger partial charge in [-0.3, -0.25) is 4.79 Å². The summed E-state index contributed by atoms with van der Waals surface area (Å²) in [4.78, 5) is 11.6. The molecule has 1 heterocycles. The Morgan fingerprint density at radius 3 is 3.00 bits per heavy atom. The molecule has 0 unspecified atom stereocenters. The van der Waals surface area contributed by atoms with Crippen LogP contribution in [0.25, 0.3) is 0 Å². The Kier molecular flexibility index (Phi) is 3.08. The zero-order valence-electron chi connectivity index (χ0n) is 7.48. The van der Waals surface area contributed by atoms with Crippen LogP contribution in [0.15, 0.2) is 34.9 Å². The third-order valence-corrected chi connectivity index (χ3v) is 2.65. The Bertz CT molecular complexity index is 472. The number of hydrogen-bond donors (Lipinski definition) is 1. The molecule has 0 aliphatic rings. The lowest BCUT2D eigenvalue weighted by molar-refractivity contribution is 0.102. The lowest BCUT2D eigenvalue weighted by Crippen LogP contribution is -2.11. The number of anilines is 1. The Morgan fingerprint density at radius 2 is 2.33 bits per heavy atom. The first-order valence-corrected chi connectivity index (χ1v) is 5.62. The summed E-state index contributed by atoms with van der Waals surface area (Å²) in [7, 11) is 0. The Hall–Kier alpha value is -1.27. The third-order valence-electron chi connectivity index (χ3n) is 1.68. The first-order valence-electron chi connectivity index (χ1n) is 4.10. The van der Waals surface area contributed by atoms with Crippen molar-refractivity contribution < 1.29 is 4.79 Å². The lowest BCUT2D eigenvalue weighted by Gasteiger charge is -2.02. The number of aromatic nitrogens is 2. The topological polar surface area (TPSA) is 54.9 Å². The molecule has 0 saturated carbocycles. The maximum Gasteiger partial charge on any atom is 0.277 e. The molecule has 0 radical (unpaired) electrons. The summed E-state index contributed by atoms with van der Waals surface area (Å²) >= 11 is 4.34. The zero-order valence-corrected chi connectivity index (χ0v) is 9.88. The van der Waals surface area contributed by atoms with Crippen LogP contribution in [0.2, 0.25) is 0 Å². The maximum absolute atomic E-state index is 11.6. The number of carbonyl (C=O) groups excluding carboxylic acids is 1.